The SMILES string of the molecule is COC1CCN(C(=O)c2ccc(C=CC(=O)O)cc2)CC1. The third-order valence-corrected chi connectivity index (χ3v) is 3.64. The minimum atomic E-state index is -0.990. The molecule has 2 rings (SSSR count). The van der Waals surface area contributed by atoms with Crippen molar-refractivity contribution in [3.8, 4) is 0 Å². The summed E-state index contributed by atoms with van der Waals surface area (Å²) in [6.07, 6.45) is 4.55. The summed E-state index contributed by atoms with van der Waals surface area (Å²) >= 11 is 0. The van der Waals surface area contributed by atoms with Crippen LogP contribution < -0.4 is 0 Å². The Balaban J connectivity index is 1.98. The number of rotatable bonds is 4. The Kier molecular flexibility index (Phi) is 5.11. The fourth-order valence-corrected chi connectivity index (χ4v) is 2.38. The molecule has 0 radical (unpaired) electrons. The van der Waals surface area contributed by atoms with Crippen LogP contribution >= 0.6 is 0 Å². The first kappa shape index (κ1) is 15.3. The Bertz CT molecular complexity index is 528. The van der Waals surface area contributed by atoms with E-state index in [-0.39, 0.29) is 12.0 Å². The highest BCUT2D eigenvalue weighted by molar-refractivity contribution is 5.94. The van der Waals surface area contributed by atoms with E-state index < -0.39 is 5.97 Å². The number of methoxy groups -OCH3 is 1. The predicted molar refractivity (Wildman–Crippen MR) is 79.0 cm³/mol. The summed E-state index contributed by atoms with van der Waals surface area (Å²) in [6.45, 7) is 1.41. The topological polar surface area (TPSA) is 66.8 Å². The van der Waals surface area contributed by atoms with E-state index in [1.165, 1.54) is 6.08 Å². The van der Waals surface area contributed by atoms with Crippen molar-refractivity contribution in [3.63, 3.8) is 0 Å². The van der Waals surface area contributed by atoms with E-state index in [0.717, 1.165) is 24.5 Å². The Morgan fingerprint density at radius 1 is 1.24 bits per heavy atom. The number of carbonyl (C=O) groups is 2. The molecule has 1 amide bonds. The van der Waals surface area contributed by atoms with Crippen molar-refractivity contribution in [2.45, 2.75) is 18.9 Å². The number of piperidine rings is 1. The highest BCUT2D eigenvalue weighted by atomic mass is 16.5. The molecule has 1 saturated heterocycles. The van der Waals surface area contributed by atoms with Crippen LogP contribution in [0.4, 0.5) is 0 Å². The van der Waals surface area contributed by atoms with Crippen LogP contribution in [0.15, 0.2) is 30.3 Å². The van der Waals surface area contributed by atoms with E-state index in [9.17, 15) is 9.59 Å². The summed E-state index contributed by atoms with van der Waals surface area (Å²) in [5.41, 5.74) is 1.38. The van der Waals surface area contributed by atoms with Crippen LogP contribution in [0.25, 0.3) is 6.08 Å². The summed E-state index contributed by atoms with van der Waals surface area (Å²) in [4.78, 5) is 24.6. The van der Waals surface area contributed by atoms with Crippen molar-refractivity contribution in [2.75, 3.05) is 20.2 Å². The van der Waals surface area contributed by atoms with Crippen LogP contribution in [-0.2, 0) is 9.53 Å². The van der Waals surface area contributed by atoms with Gasteiger partial charge in [0.25, 0.3) is 5.91 Å². The molecule has 1 heterocycles. The van der Waals surface area contributed by atoms with Crippen molar-refractivity contribution in [3.05, 3.63) is 41.5 Å². The summed E-state index contributed by atoms with van der Waals surface area (Å²) in [5, 5.41) is 8.57. The molecule has 112 valence electrons. The van der Waals surface area contributed by atoms with Gasteiger partial charge in [0.2, 0.25) is 0 Å². The first-order valence-corrected chi connectivity index (χ1v) is 6.93. The molecular formula is C16H19NO4. The number of carboxylic acid groups (broad SMARTS) is 1. The fraction of sp³-hybridized carbons (Fsp3) is 0.375. The van der Waals surface area contributed by atoms with E-state index in [1.54, 1.807) is 31.4 Å². The zero-order valence-corrected chi connectivity index (χ0v) is 12.0. The summed E-state index contributed by atoms with van der Waals surface area (Å²) < 4.78 is 5.29. The molecule has 5 heteroatoms. The van der Waals surface area contributed by atoms with Crippen LogP contribution in [0, 0.1) is 0 Å². The Morgan fingerprint density at radius 3 is 2.38 bits per heavy atom. The molecule has 0 saturated carbocycles. The molecule has 0 spiro atoms. The number of carbonyl (C=O) groups excluding carboxylic acids is 1. The number of carboxylic acids is 1. The van der Waals surface area contributed by atoms with Gasteiger partial charge < -0.3 is 14.7 Å². The van der Waals surface area contributed by atoms with Crippen molar-refractivity contribution >= 4 is 18.0 Å². The average molecular weight is 289 g/mol. The maximum atomic E-state index is 12.3. The van der Waals surface area contributed by atoms with Gasteiger partial charge in [0.05, 0.1) is 6.10 Å². The first-order chi connectivity index (χ1) is 10.1. The number of hydrogen-bond acceptors (Lipinski definition) is 3. The molecule has 0 aliphatic carbocycles. The van der Waals surface area contributed by atoms with Crippen LogP contribution in [-0.4, -0.2) is 48.2 Å². The number of amides is 1. The summed E-state index contributed by atoms with van der Waals surface area (Å²) in [5.74, 6) is -0.977. The normalized spacial score (nSPS) is 16.3. The lowest BCUT2D eigenvalue weighted by molar-refractivity contribution is -0.131. The van der Waals surface area contributed by atoms with Crippen molar-refractivity contribution < 1.29 is 19.4 Å². The van der Waals surface area contributed by atoms with Gasteiger partial charge in [0.1, 0.15) is 0 Å². The number of benzene rings is 1. The minimum Gasteiger partial charge on any atom is -0.478 e. The van der Waals surface area contributed by atoms with Gasteiger partial charge in [-0.1, -0.05) is 12.1 Å². The summed E-state index contributed by atoms with van der Waals surface area (Å²) in [6, 6.07) is 6.95. The molecule has 1 aromatic rings. The van der Waals surface area contributed by atoms with Gasteiger partial charge in [-0.2, -0.15) is 0 Å². The Labute approximate surface area is 123 Å². The molecule has 1 aromatic carbocycles. The lowest BCUT2D eigenvalue weighted by atomic mass is 10.1. The van der Waals surface area contributed by atoms with Gasteiger partial charge in [0.15, 0.2) is 0 Å². The number of hydrogen-bond donors (Lipinski definition) is 1. The number of likely N-dealkylation sites (tertiary alicyclic amines) is 1. The zero-order valence-electron chi connectivity index (χ0n) is 12.0. The van der Waals surface area contributed by atoms with Crippen LogP contribution in [0.1, 0.15) is 28.8 Å². The zero-order chi connectivity index (χ0) is 15.2. The molecule has 0 bridgehead atoms. The predicted octanol–water partition coefficient (Wildman–Crippen LogP) is 2.04. The second kappa shape index (κ2) is 7.04. The summed E-state index contributed by atoms with van der Waals surface area (Å²) in [7, 11) is 1.70. The molecule has 1 N–H and O–H groups in total. The minimum absolute atomic E-state index is 0.0123. The van der Waals surface area contributed by atoms with E-state index in [4.69, 9.17) is 9.84 Å². The standard InChI is InChI=1S/C16H19NO4/c1-21-14-8-10-17(11-9-14)16(20)13-5-2-12(3-6-13)4-7-15(18)19/h2-7,14H,8-11H2,1H3,(H,18,19). The maximum Gasteiger partial charge on any atom is 0.328 e. The number of nitrogens with zero attached hydrogens (tertiary/aromatic N) is 1. The van der Waals surface area contributed by atoms with Gasteiger partial charge in [-0.25, -0.2) is 4.79 Å². The lowest BCUT2D eigenvalue weighted by Gasteiger charge is -2.31. The molecule has 1 aliphatic heterocycles. The largest absolute Gasteiger partial charge is 0.478 e. The van der Waals surface area contributed by atoms with Gasteiger partial charge in [0, 0.05) is 31.8 Å². The van der Waals surface area contributed by atoms with E-state index in [1.807, 2.05) is 4.90 Å². The second-order valence-electron chi connectivity index (χ2n) is 5.02. The lowest BCUT2D eigenvalue weighted by Crippen LogP contribution is -2.40. The molecule has 0 atom stereocenters. The van der Waals surface area contributed by atoms with Crippen molar-refractivity contribution in [2.24, 2.45) is 0 Å². The first-order valence-electron chi connectivity index (χ1n) is 6.93. The van der Waals surface area contributed by atoms with Gasteiger partial charge in [-0.15, -0.1) is 0 Å². The molecule has 1 aliphatic rings. The quantitative estimate of drug-likeness (QED) is 0.861. The Morgan fingerprint density at radius 2 is 1.86 bits per heavy atom. The van der Waals surface area contributed by atoms with Gasteiger partial charge >= 0.3 is 5.97 Å². The molecule has 21 heavy (non-hydrogen) atoms. The van der Waals surface area contributed by atoms with Crippen LogP contribution in [0.2, 0.25) is 0 Å². The molecule has 1 fully saturated rings. The average Bonchev–Trinajstić information content (AvgIpc) is 2.53. The van der Waals surface area contributed by atoms with E-state index in [2.05, 4.69) is 0 Å². The third kappa shape index (κ3) is 4.16. The molecule has 0 unspecified atom stereocenters. The Hall–Kier alpha value is -2.14. The highest BCUT2D eigenvalue weighted by Crippen LogP contribution is 2.16. The number of ether oxygens (including phenoxy) is 1. The van der Waals surface area contributed by atoms with E-state index >= 15 is 0 Å². The van der Waals surface area contributed by atoms with Crippen LogP contribution in [0.3, 0.4) is 0 Å². The second-order valence-corrected chi connectivity index (χ2v) is 5.02. The third-order valence-electron chi connectivity index (χ3n) is 3.64. The maximum absolute atomic E-state index is 12.3. The number of aliphatic carboxylic acids is 1. The van der Waals surface area contributed by atoms with E-state index in [0.29, 0.717) is 18.7 Å². The monoisotopic (exact) mass is 289 g/mol. The van der Waals surface area contributed by atoms with Crippen LogP contribution in [0.5, 0.6) is 0 Å². The molecule has 0 aromatic heterocycles. The van der Waals surface area contributed by atoms with Crippen molar-refractivity contribution in [1.29, 1.82) is 0 Å². The fourth-order valence-electron chi connectivity index (χ4n) is 2.38. The van der Waals surface area contributed by atoms with Gasteiger partial charge in [-0.3, -0.25) is 4.79 Å². The smallest absolute Gasteiger partial charge is 0.328 e. The van der Waals surface area contributed by atoms with Gasteiger partial charge in [-0.05, 0) is 36.6 Å². The highest BCUT2D eigenvalue weighted by Gasteiger charge is 2.23. The molecule has 5 nitrogen and oxygen atoms in total. The molecular weight excluding hydrogens is 270 g/mol. The van der Waals surface area contributed by atoms with Crippen molar-refractivity contribution in [1.82, 2.24) is 4.90 Å².